The van der Waals surface area contributed by atoms with Crippen LogP contribution in [-0.2, 0) is 21.7 Å². The largest absolute Gasteiger partial charge is 0.468 e. The first kappa shape index (κ1) is 15.6. The average molecular weight is 301 g/mol. The number of hydrogen-bond acceptors (Lipinski definition) is 4. The molecule has 3 nitrogen and oxygen atoms in total. The molecular formula is C17H19NO2S. The second-order valence-corrected chi connectivity index (χ2v) is 5.80. The molecule has 2 aromatic carbocycles. The second kappa shape index (κ2) is 7.86. The monoisotopic (exact) mass is 301 g/mol. The van der Waals surface area contributed by atoms with E-state index in [0.717, 1.165) is 11.3 Å². The molecule has 0 amide bonds. The SMILES string of the molecule is COC(=O)[C@@H](N)Cc1ccc(SCc2ccccc2)cc1. The van der Waals surface area contributed by atoms with E-state index in [1.165, 1.54) is 17.6 Å². The number of ether oxygens (including phenoxy) is 1. The Morgan fingerprint density at radius 2 is 1.76 bits per heavy atom. The topological polar surface area (TPSA) is 52.3 Å². The van der Waals surface area contributed by atoms with Crippen LogP contribution in [0.3, 0.4) is 0 Å². The molecule has 0 aliphatic rings. The van der Waals surface area contributed by atoms with Gasteiger partial charge in [0.2, 0.25) is 0 Å². The molecule has 0 unspecified atom stereocenters. The zero-order chi connectivity index (χ0) is 15.1. The highest BCUT2D eigenvalue weighted by molar-refractivity contribution is 7.98. The van der Waals surface area contributed by atoms with Crippen molar-refractivity contribution in [3.05, 3.63) is 65.7 Å². The van der Waals surface area contributed by atoms with E-state index in [-0.39, 0.29) is 5.97 Å². The molecule has 0 bridgehead atoms. The first-order valence-corrected chi connectivity index (χ1v) is 7.76. The highest BCUT2D eigenvalue weighted by atomic mass is 32.2. The molecule has 0 heterocycles. The smallest absolute Gasteiger partial charge is 0.322 e. The van der Waals surface area contributed by atoms with Gasteiger partial charge in [-0.25, -0.2) is 0 Å². The van der Waals surface area contributed by atoms with Crippen molar-refractivity contribution in [1.82, 2.24) is 0 Å². The normalized spacial score (nSPS) is 11.9. The van der Waals surface area contributed by atoms with Gasteiger partial charge in [0.1, 0.15) is 6.04 Å². The number of methoxy groups -OCH3 is 1. The molecule has 1 atom stereocenters. The first-order chi connectivity index (χ1) is 10.2. The summed E-state index contributed by atoms with van der Waals surface area (Å²) in [6, 6.07) is 17.9. The van der Waals surface area contributed by atoms with Gasteiger partial charge >= 0.3 is 5.97 Å². The molecule has 2 rings (SSSR count). The summed E-state index contributed by atoms with van der Waals surface area (Å²) in [4.78, 5) is 12.5. The van der Waals surface area contributed by atoms with Crippen LogP contribution >= 0.6 is 11.8 Å². The summed E-state index contributed by atoms with van der Waals surface area (Å²) in [6.45, 7) is 0. The third-order valence-corrected chi connectivity index (χ3v) is 4.21. The van der Waals surface area contributed by atoms with E-state index in [1.54, 1.807) is 11.8 Å². The Bertz CT molecular complexity index is 569. The fraction of sp³-hybridized carbons (Fsp3) is 0.235. The van der Waals surface area contributed by atoms with Crippen LogP contribution in [0, 0.1) is 0 Å². The van der Waals surface area contributed by atoms with E-state index in [0.29, 0.717) is 6.42 Å². The van der Waals surface area contributed by atoms with Crippen LogP contribution < -0.4 is 5.73 Å². The molecule has 0 spiro atoms. The van der Waals surface area contributed by atoms with Crippen molar-refractivity contribution in [1.29, 1.82) is 0 Å². The van der Waals surface area contributed by atoms with Crippen molar-refractivity contribution >= 4 is 17.7 Å². The van der Waals surface area contributed by atoms with Crippen LogP contribution in [0.4, 0.5) is 0 Å². The summed E-state index contributed by atoms with van der Waals surface area (Å²) in [5, 5.41) is 0. The minimum Gasteiger partial charge on any atom is -0.468 e. The fourth-order valence-electron chi connectivity index (χ4n) is 1.95. The fourth-order valence-corrected chi connectivity index (χ4v) is 2.81. The molecule has 0 saturated heterocycles. The highest BCUT2D eigenvalue weighted by Crippen LogP contribution is 2.23. The maximum Gasteiger partial charge on any atom is 0.322 e. The summed E-state index contributed by atoms with van der Waals surface area (Å²) in [5.41, 5.74) is 8.10. The summed E-state index contributed by atoms with van der Waals surface area (Å²) >= 11 is 1.79. The number of carbonyl (C=O) groups is 1. The molecule has 0 radical (unpaired) electrons. The minimum absolute atomic E-state index is 0.377. The quantitative estimate of drug-likeness (QED) is 0.658. The number of nitrogens with two attached hydrogens (primary N) is 1. The lowest BCUT2D eigenvalue weighted by atomic mass is 10.1. The number of rotatable bonds is 6. The molecule has 2 aromatic rings. The third-order valence-electron chi connectivity index (χ3n) is 3.13. The Hall–Kier alpha value is -1.78. The maximum atomic E-state index is 11.3. The number of thioether (sulfide) groups is 1. The van der Waals surface area contributed by atoms with Crippen LogP contribution in [0.5, 0.6) is 0 Å². The zero-order valence-corrected chi connectivity index (χ0v) is 12.8. The third kappa shape index (κ3) is 4.92. The van der Waals surface area contributed by atoms with Crippen LogP contribution in [0.1, 0.15) is 11.1 Å². The Morgan fingerprint density at radius 3 is 2.38 bits per heavy atom. The Balaban J connectivity index is 1.88. The standard InChI is InChI=1S/C17H19NO2S/c1-20-17(19)16(18)11-13-7-9-15(10-8-13)21-12-14-5-3-2-4-6-14/h2-10,16H,11-12,18H2,1H3/t16-/m0/s1. The van der Waals surface area contributed by atoms with E-state index >= 15 is 0 Å². The van der Waals surface area contributed by atoms with Gasteiger partial charge < -0.3 is 10.5 Å². The van der Waals surface area contributed by atoms with E-state index in [2.05, 4.69) is 29.0 Å². The predicted octanol–water partition coefficient (Wildman–Crippen LogP) is 3.02. The highest BCUT2D eigenvalue weighted by Gasteiger charge is 2.13. The van der Waals surface area contributed by atoms with Gasteiger partial charge in [-0.15, -0.1) is 11.8 Å². The van der Waals surface area contributed by atoms with Crippen molar-refractivity contribution in [2.24, 2.45) is 5.73 Å². The van der Waals surface area contributed by atoms with Gasteiger partial charge in [0.05, 0.1) is 7.11 Å². The molecule has 4 heteroatoms. The lowest BCUT2D eigenvalue weighted by Crippen LogP contribution is -2.33. The van der Waals surface area contributed by atoms with E-state index < -0.39 is 6.04 Å². The van der Waals surface area contributed by atoms with Gasteiger partial charge in [-0.1, -0.05) is 42.5 Å². The molecule has 0 fully saturated rings. The van der Waals surface area contributed by atoms with Gasteiger partial charge in [-0.3, -0.25) is 4.79 Å². The molecular weight excluding hydrogens is 282 g/mol. The van der Waals surface area contributed by atoms with Crippen molar-refractivity contribution in [2.45, 2.75) is 23.1 Å². The summed E-state index contributed by atoms with van der Waals surface area (Å²) in [5.74, 6) is 0.569. The number of benzene rings is 2. The van der Waals surface area contributed by atoms with Crippen molar-refractivity contribution in [3.8, 4) is 0 Å². The van der Waals surface area contributed by atoms with Gasteiger partial charge in [0.25, 0.3) is 0 Å². The van der Waals surface area contributed by atoms with E-state index in [4.69, 9.17) is 5.73 Å². The average Bonchev–Trinajstić information content (AvgIpc) is 2.54. The molecule has 110 valence electrons. The van der Waals surface area contributed by atoms with Crippen LogP contribution in [0.2, 0.25) is 0 Å². The van der Waals surface area contributed by atoms with Gasteiger partial charge in [-0.05, 0) is 29.7 Å². The Labute approximate surface area is 129 Å². The maximum absolute atomic E-state index is 11.3. The lowest BCUT2D eigenvalue weighted by molar-refractivity contribution is -0.142. The van der Waals surface area contributed by atoms with E-state index in [1.807, 2.05) is 30.3 Å². The number of carbonyl (C=O) groups excluding carboxylic acids is 1. The Morgan fingerprint density at radius 1 is 1.10 bits per heavy atom. The van der Waals surface area contributed by atoms with E-state index in [9.17, 15) is 4.79 Å². The molecule has 2 N–H and O–H groups in total. The predicted molar refractivity (Wildman–Crippen MR) is 86.1 cm³/mol. The first-order valence-electron chi connectivity index (χ1n) is 6.78. The number of hydrogen-bond donors (Lipinski definition) is 1. The van der Waals surface area contributed by atoms with Gasteiger partial charge in [0.15, 0.2) is 0 Å². The Kier molecular flexibility index (Phi) is 5.84. The molecule has 0 aliphatic heterocycles. The summed E-state index contributed by atoms with van der Waals surface area (Å²) in [6.07, 6.45) is 0.496. The second-order valence-electron chi connectivity index (χ2n) is 4.75. The van der Waals surface area contributed by atoms with Crippen LogP contribution in [0.15, 0.2) is 59.5 Å². The molecule has 0 aliphatic carbocycles. The lowest BCUT2D eigenvalue weighted by Gasteiger charge is -2.09. The zero-order valence-electron chi connectivity index (χ0n) is 12.0. The van der Waals surface area contributed by atoms with Crippen LogP contribution in [0.25, 0.3) is 0 Å². The van der Waals surface area contributed by atoms with Crippen molar-refractivity contribution in [3.63, 3.8) is 0 Å². The minimum atomic E-state index is -0.599. The van der Waals surface area contributed by atoms with Crippen molar-refractivity contribution in [2.75, 3.05) is 7.11 Å². The van der Waals surface area contributed by atoms with Crippen LogP contribution in [-0.4, -0.2) is 19.1 Å². The molecule has 0 aromatic heterocycles. The molecule has 21 heavy (non-hydrogen) atoms. The number of esters is 1. The molecule has 0 saturated carbocycles. The van der Waals surface area contributed by atoms with Gasteiger partial charge in [-0.2, -0.15) is 0 Å². The summed E-state index contributed by atoms with van der Waals surface area (Å²) in [7, 11) is 1.35. The van der Waals surface area contributed by atoms with Gasteiger partial charge in [0, 0.05) is 10.6 Å². The van der Waals surface area contributed by atoms with Crippen molar-refractivity contribution < 1.29 is 9.53 Å². The summed E-state index contributed by atoms with van der Waals surface area (Å²) < 4.78 is 4.63.